The maximum Gasteiger partial charge on any atom is 0.416 e. The highest BCUT2D eigenvalue weighted by molar-refractivity contribution is 5.98. The molecule has 0 aromatic heterocycles. The molecule has 0 unspecified atom stereocenters. The van der Waals surface area contributed by atoms with E-state index in [4.69, 9.17) is 0 Å². The molecule has 0 radical (unpaired) electrons. The second-order valence-electron chi connectivity index (χ2n) is 4.10. The van der Waals surface area contributed by atoms with Crippen LogP contribution in [0.25, 0.3) is 0 Å². The van der Waals surface area contributed by atoms with Crippen LogP contribution in [-0.4, -0.2) is 30.5 Å². The maximum atomic E-state index is 12.5. The molecule has 0 aliphatic carbocycles. The first-order chi connectivity index (χ1) is 9.77. The summed E-state index contributed by atoms with van der Waals surface area (Å²) in [6.07, 6.45) is -4.70. The molecule has 1 rings (SSSR count). The monoisotopic (exact) mass is 341 g/mol. The van der Waals surface area contributed by atoms with Crippen molar-refractivity contribution in [3.63, 3.8) is 0 Å². The average molecular weight is 342 g/mol. The van der Waals surface area contributed by atoms with E-state index in [0.29, 0.717) is 25.2 Å². The minimum atomic E-state index is -4.70. The largest absolute Gasteiger partial charge is 0.416 e. The van der Waals surface area contributed by atoms with E-state index < -0.39 is 33.8 Å². The molecule has 2 N–H and O–H groups in total. The van der Waals surface area contributed by atoms with Crippen LogP contribution in [0.2, 0.25) is 0 Å². The number of alkyl halides is 3. The summed E-state index contributed by atoms with van der Waals surface area (Å²) < 4.78 is 37.6. The van der Waals surface area contributed by atoms with E-state index in [1.165, 1.54) is 0 Å². The van der Waals surface area contributed by atoms with E-state index in [9.17, 15) is 28.1 Å². The summed E-state index contributed by atoms with van der Waals surface area (Å²) >= 11 is 0. The highest BCUT2D eigenvalue weighted by atomic mass is 35.5. The molecule has 1 aromatic carbocycles. The van der Waals surface area contributed by atoms with E-state index >= 15 is 0 Å². The van der Waals surface area contributed by atoms with Gasteiger partial charge in [-0.15, -0.1) is 12.4 Å². The lowest BCUT2D eigenvalue weighted by Gasteiger charge is -2.09. The fourth-order valence-electron chi connectivity index (χ4n) is 1.59. The predicted octanol–water partition coefficient (Wildman–Crippen LogP) is 2.37. The van der Waals surface area contributed by atoms with Crippen LogP contribution >= 0.6 is 12.4 Å². The number of rotatable bonds is 6. The zero-order chi connectivity index (χ0) is 16.0. The number of likely N-dealkylation sites (N-methyl/N-ethyl adjacent to an activating group) is 1. The summed E-state index contributed by atoms with van der Waals surface area (Å²) in [5.74, 6) is -0.784. The van der Waals surface area contributed by atoms with Gasteiger partial charge in [0.25, 0.3) is 11.6 Å². The van der Waals surface area contributed by atoms with Gasteiger partial charge in [0.05, 0.1) is 10.5 Å². The van der Waals surface area contributed by atoms with Crippen LogP contribution in [0.3, 0.4) is 0 Å². The molecule has 0 bridgehead atoms. The number of nitrogens with one attached hydrogen (secondary N) is 2. The van der Waals surface area contributed by atoms with Gasteiger partial charge in [0.15, 0.2) is 0 Å². The summed E-state index contributed by atoms with van der Waals surface area (Å²) in [5, 5.41) is 16.2. The Bertz CT molecular complexity index is 538. The third-order valence-electron chi connectivity index (χ3n) is 2.60. The lowest BCUT2D eigenvalue weighted by molar-refractivity contribution is -0.385. The molecule has 0 aliphatic rings. The Balaban J connectivity index is 0.00000441. The molecule has 22 heavy (non-hydrogen) atoms. The van der Waals surface area contributed by atoms with Crippen LogP contribution in [-0.2, 0) is 6.18 Å². The van der Waals surface area contributed by atoms with Crippen LogP contribution in [0.15, 0.2) is 18.2 Å². The van der Waals surface area contributed by atoms with Crippen molar-refractivity contribution in [1.82, 2.24) is 10.6 Å². The van der Waals surface area contributed by atoms with Gasteiger partial charge < -0.3 is 10.6 Å². The van der Waals surface area contributed by atoms with Crippen LogP contribution in [0.4, 0.5) is 18.9 Å². The lowest BCUT2D eigenvalue weighted by atomic mass is 10.1. The molecule has 10 heteroatoms. The summed E-state index contributed by atoms with van der Waals surface area (Å²) in [4.78, 5) is 21.6. The molecule has 1 amide bonds. The Hall–Kier alpha value is -1.87. The molecule has 0 aliphatic heterocycles. The average Bonchev–Trinajstić information content (AvgIpc) is 2.41. The summed E-state index contributed by atoms with van der Waals surface area (Å²) in [6.45, 7) is 3.22. The van der Waals surface area contributed by atoms with E-state index in [-0.39, 0.29) is 19.0 Å². The normalized spacial score (nSPS) is 10.7. The SMILES string of the molecule is CCNCCNC(=O)c1ccc(C(F)(F)F)cc1[N+](=O)[O-].Cl. The Morgan fingerprint density at radius 3 is 2.45 bits per heavy atom. The van der Waals surface area contributed by atoms with Gasteiger partial charge in [-0.1, -0.05) is 6.92 Å². The number of halogens is 4. The van der Waals surface area contributed by atoms with Crippen LogP contribution < -0.4 is 10.6 Å². The molecule has 0 heterocycles. The summed E-state index contributed by atoms with van der Waals surface area (Å²) in [5.41, 5.74) is -2.44. The first-order valence-electron chi connectivity index (χ1n) is 6.12. The van der Waals surface area contributed by atoms with Crippen molar-refractivity contribution >= 4 is 24.0 Å². The molecule has 0 spiro atoms. The van der Waals surface area contributed by atoms with Gasteiger partial charge in [0.2, 0.25) is 0 Å². The van der Waals surface area contributed by atoms with Crippen molar-refractivity contribution in [2.45, 2.75) is 13.1 Å². The smallest absolute Gasteiger partial charge is 0.351 e. The van der Waals surface area contributed by atoms with Gasteiger partial charge in [-0.05, 0) is 18.7 Å². The van der Waals surface area contributed by atoms with Crippen molar-refractivity contribution in [1.29, 1.82) is 0 Å². The van der Waals surface area contributed by atoms with Gasteiger partial charge in [-0.2, -0.15) is 13.2 Å². The topological polar surface area (TPSA) is 84.3 Å². The fraction of sp³-hybridized carbons (Fsp3) is 0.417. The number of carbonyl (C=O) groups is 1. The highest BCUT2D eigenvalue weighted by Gasteiger charge is 2.33. The first-order valence-corrected chi connectivity index (χ1v) is 6.12. The highest BCUT2D eigenvalue weighted by Crippen LogP contribution is 2.32. The number of carbonyl (C=O) groups excluding carboxylic acids is 1. The number of nitro benzene ring substituents is 1. The third-order valence-corrected chi connectivity index (χ3v) is 2.60. The molecule has 0 saturated carbocycles. The van der Waals surface area contributed by atoms with E-state index in [0.717, 1.165) is 6.07 Å². The van der Waals surface area contributed by atoms with Gasteiger partial charge in [-0.3, -0.25) is 14.9 Å². The molecule has 1 aromatic rings. The van der Waals surface area contributed by atoms with E-state index in [2.05, 4.69) is 10.6 Å². The van der Waals surface area contributed by atoms with Gasteiger partial charge >= 0.3 is 6.18 Å². The quantitative estimate of drug-likeness (QED) is 0.472. The Morgan fingerprint density at radius 1 is 1.32 bits per heavy atom. The van der Waals surface area contributed by atoms with Crippen molar-refractivity contribution in [2.24, 2.45) is 0 Å². The second-order valence-corrected chi connectivity index (χ2v) is 4.10. The molecule has 124 valence electrons. The third kappa shape index (κ3) is 5.49. The van der Waals surface area contributed by atoms with Crippen LogP contribution in [0, 0.1) is 10.1 Å². The van der Waals surface area contributed by atoms with Gasteiger partial charge in [0.1, 0.15) is 5.56 Å². The standard InChI is InChI=1S/C12H14F3N3O3.ClH/c1-2-16-5-6-17-11(19)9-4-3-8(12(13,14)15)7-10(9)18(20)21;/h3-4,7,16H,2,5-6H2,1H3,(H,17,19);1H. The second kappa shape index (κ2) is 8.54. The summed E-state index contributed by atoms with van der Waals surface area (Å²) in [6, 6.07) is 1.81. The number of benzene rings is 1. The lowest BCUT2D eigenvalue weighted by Crippen LogP contribution is -2.32. The number of amides is 1. The van der Waals surface area contributed by atoms with E-state index in [1.54, 1.807) is 0 Å². The summed E-state index contributed by atoms with van der Waals surface area (Å²) in [7, 11) is 0. The minimum absolute atomic E-state index is 0. The van der Waals surface area contributed by atoms with Crippen LogP contribution in [0.5, 0.6) is 0 Å². The van der Waals surface area contributed by atoms with Gasteiger partial charge in [0, 0.05) is 19.2 Å². The molecule has 0 saturated heterocycles. The minimum Gasteiger partial charge on any atom is -0.351 e. The molecule has 0 fully saturated rings. The van der Waals surface area contributed by atoms with E-state index in [1.807, 2.05) is 6.92 Å². The molecule has 0 atom stereocenters. The van der Waals surface area contributed by atoms with Crippen molar-refractivity contribution in [2.75, 3.05) is 19.6 Å². The first kappa shape index (κ1) is 20.1. The van der Waals surface area contributed by atoms with Crippen molar-refractivity contribution in [3.05, 3.63) is 39.4 Å². The maximum absolute atomic E-state index is 12.5. The zero-order valence-corrected chi connectivity index (χ0v) is 12.4. The molecular weight excluding hydrogens is 327 g/mol. The predicted molar refractivity (Wildman–Crippen MR) is 76.2 cm³/mol. The fourth-order valence-corrected chi connectivity index (χ4v) is 1.59. The molecule has 6 nitrogen and oxygen atoms in total. The van der Waals surface area contributed by atoms with Gasteiger partial charge in [-0.25, -0.2) is 0 Å². The number of nitrogens with zero attached hydrogens (tertiary/aromatic N) is 1. The van der Waals surface area contributed by atoms with Crippen LogP contribution in [0.1, 0.15) is 22.8 Å². The Morgan fingerprint density at radius 2 is 1.95 bits per heavy atom. The molecular formula is C12H15ClF3N3O3. The Labute approximate surface area is 130 Å². The number of hydrogen-bond acceptors (Lipinski definition) is 4. The zero-order valence-electron chi connectivity index (χ0n) is 11.6. The van der Waals surface area contributed by atoms with Crippen molar-refractivity contribution in [3.8, 4) is 0 Å². The van der Waals surface area contributed by atoms with Crippen molar-refractivity contribution < 1.29 is 22.9 Å². The Kier molecular flexibility index (Phi) is 7.82. The number of hydrogen-bond donors (Lipinski definition) is 2. The number of nitro groups is 1.